The number of ketones is 1. The van der Waals surface area contributed by atoms with Gasteiger partial charge in [-0.25, -0.2) is 9.47 Å². The van der Waals surface area contributed by atoms with E-state index in [0.29, 0.717) is 33.5 Å². The molecular formula is C20H23N5O3S. The van der Waals surface area contributed by atoms with E-state index >= 15 is 0 Å². The number of thioether (sulfide) groups is 1. The van der Waals surface area contributed by atoms with E-state index in [2.05, 4.69) is 15.2 Å². The Bertz CT molecular complexity index is 1050. The van der Waals surface area contributed by atoms with Crippen LogP contribution in [0.3, 0.4) is 0 Å². The molecule has 0 saturated carbocycles. The molecule has 0 aliphatic carbocycles. The van der Waals surface area contributed by atoms with Gasteiger partial charge in [0.25, 0.3) is 0 Å². The summed E-state index contributed by atoms with van der Waals surface area (Å²) < 4.78 is 6.44. The number of nitrogens with zero attached hydrogens (tertiary/aromatic N) is 3. The van der Waals surface area contributed by atoms with Crippen LogP contribution in [0.4, 0.5) is 0 Å². The first-order valence-corrected chi connectivity index (χ1v) is 10.1. The molecule has 3 aromatic rings. The largest absolute Gasteiger partial charge is 0.462 e. The van der Waals surface area contributed by atoms with Crippen LogP contribution in [0.1, 0.15) is 44.6 Å². The number of carbonyl (C=O) groups is 2. The normalized spacial score (nSPS) is 10.9. The number of benzene rings is 1. The lowest BCUT2D eigenvalue weighted by Gasteiger charge is -2.04. The number of aromatic nitrogens is 4. The van der Waals surface area contributed by atoms with E-state index in [-0.39, 0.29) is 18.1 Å². The van der Waals surface area contributed by atoms with Crippen LogP contribution in [0, 0.1) is 20.8 Å². The summed E-state index contributed by atoms with van der Waals surface area (Å²) in [6.07, 6.45) is 0. The molecule has 8 nitrogen and oxygen atoms in total. The standard InChI is InChI=1S/C20H23N5O3S/c1-5-28-19(27)16-12(3)17(22-13(16)4)15(26)10-29-20-24-23-18(25(20)21)14-8-6-11(2)7-9-14/h6-9,22H,5,10,21H2,1-4H3. The first-order valence-electron chi connectivity index (χ1n) is 9.13. The van der Waals surface area contributed by atoms with Gasteiger partial charge in [0.05, 0.1) is 23.6 Å². The van der Waals surface area contributed by atoms with Crippen molar-refractivity contribution >= 4 is 23.5 Å². The van der Waals surface area contributed by atoms with Gasteiger partial charge >= 0.3 is 5.97 Å². The van der Waals surface area contributed by atoms with Gasteiger partial charge in [-0.3, -0.25) is 4.79 Å². The second kappa shape index (κ2) is 8.52. The molecule has 0 saturated heterocycles. The first-order chi connectivity index (χ1) is 13.8. The summed E-state index contributed by atoms with van der Waals surface area (Å²) in [5.41, 5.74) is 3.97. The number of aromatic amines is 1. The van der Waals surface area contributed by atoms with Crippen LogP contribution in [0.5, 0.6) is 0 Å². The van der Waals surface area contributed by atoms with Crippen LogP contribution in [0.15, 0.2) is 29.4 Å². The monoisotopic (exact) mass is 413 g/mol. The highest BCUT2D eigenvalue weighted by Crippen LogP contribution is 2.24. The third kappa shape index (κ3) is 4.19. The van der Waals surface area contributed by atoms with E-state index in [9.17, 15) is 9.59 Å². The van der Waals surface area contributed by atoms with Crippen molar-refractivity contribution in [2.75, 3.05) is 18.2 Å². The van der Waals surface area contributed by atoms with Crippen molar-refractivity contribution in [2.45, 2.75) is 32.9 Å². The Labute approximate surface area is 172 Å². The maximum atomic E-state index is 12.7. The predicted octanol–water partition coefficient (Wildman–Crippen LogP) is 3.06. The minimum Gasteiger partial charge on any atom is -0.462 e. The Balaban J connectivity index is 1.74. The molecular weight excluding hydrogens is 390 g/mol. The highest BCUT2D eigenvalue weighted by molar-refractivity contribution is 7.99. The van der Waals surface area contributed by atoms with Gasteiger partial charge in [-0.15, -0.1) is 10.2 Å². The van der Waals surface area contributed by atoms with Gasteiger partial charge in [-0.1, -0.05) is 41.6 Å². The fraction of sp³-hybridized carbons (Fsp3) is 0.300. The molecule has 0 aliphatic rings. The van der Waals surface area contributed by atoms with E-state index < -0.39 is 5.97 Å². The number of H-pyrrole nitrogens is 1. The Morgan fingerprint density at radius 1 is 1.17 bits per heavy atom. The number of ether oxygens (including phenoxy) is 1. The van der Waals surface area contributed by atoms with Gasteiger partial charge in [-0.05, 0) is 33.3 Å². The van der Waals surface area contributed by atoms with E-state index in [1.54, 1.807) is 20.8 Å². The Morgan fingerprint density at radius 2 is 1.86 bits per heavy atom. The Hall–Kier alpha value is -3.07. The summed E-state index contributed by atoms with van der Waals surface area (Å²) in [7, 11) is 0. The van der Waals surface area contributed by atoms with Crippen molar-refractivity contribution in [3.05, 3.63) is 52.3 Å². The van der Waals surface area contributed by atoms with E-state index in [1.807, 2.05) is 31.2 Å². The van der Waals surface area contributed by atoms with Crippen LogP contribution in [-0.4, -0.2) is 44.0 Å². The maximum absolute atomic E-state index is 12.7. The van der Waals surface area contributed by atoms with Crippen molar-refractivity contribution in [3.63, 3.8) is 0 Å². The van der Waals surface area contributed by atoms with E-state index in [1.165, 1.54) is 16.4 Å². The number of aryl methyl sites for hydroxylation is 2. The van der Waals surface area contributed by atoms with Crippen LogP contribution in [-0.2, 0) is 4.74 Å². The van der Waals surface area contributed by atoms with Crippen LogP contribution in [0.2, 0.25) is 0 Å². The number of nitrogen functional groups attached to an aromatic ring is 1. The van der Waals surface area contributed by atoms with Crippen molar-refractivity contribution in [2.24, 2.45) is 0 Å². The SMILES string of the molecule is CCOC(=O)c1c(C)[nH]c(C(=O)CSc2nnc(-c3ccc(C)cc3)n2N)c1C. The Morgan fingerprint density at radius 3 is 2.52 bits per heavy atom. The van der Waals surface area contributed by atoms with E-state index in [0.717, 1.165) is 11.1 Å². The quantitative estimate of drug-likeness (QED) is 0.265. The maximum Gasteiger partial charge on any atom is 0.340 e. The number of carbonyl (C=O) groups excluding carboxylic acids is 2. The molecule has 1 aromatic carbocycles. The molecule has 0 spiro atoms. The molecule has 152 valence electrons. The molecule has 0 aliphatic heterocycles. The van der Waals surface area contributed by atoms with Gasteiger partial charge in [0.15, 0.2) is 11.6 Å². The molecule has 3 N–H and O–H groups in total. The number of esters is 1. The molecule has 0 radical (unpaired) electrons. The van der Waals surface area contributed by atoms with Crippen molar-refractivity contribution in [3.8, 4) is 11.4 Å². The van der Waals surface area contributed by atoms with Crippen molar-refractivity contribution < 1.29 is 14.3 Å². The van der Waals surface area contributed by atoms with Gasteiger partial charge in [0.2, 0.25) is 5.16 Å². The predicted molar refractivity (Wildman–Crippen MR) is 112 cm³/mol. The lowest BCUT2D eigenvalue weighted by molar-refractivity contribution is 0.0525. The number of nitrogens with one attached hydrogen (secondary N) is 1. The summed E-state index contributed by atoms with van der Waals surface area (Å²) in [6.45, 7) is 7.49. The van der Waals surface area contributed by atoms with Crippen LogP contribution < -0.4 is 5.84 Å². The number of rotatable bonds is 7. The zero-order valence-electron chi connectivity index (χ0n) is 16.8. The van der Waals surface area contributed by atoms with Gasteiger partial charge < -0.3 is 15.6 Å². The molecule has 9 heteroatoms. The molecule has 0 fully saturated rings. The summed E-state index contributed by atoms with van der Waals surface area (Å²) in [4.78, 5) is 27.8. The van der Waals surface area contributed by atoms with Crippen LogP contribution >= 0.6 is 11.8 Å². The lowest BCUT2D eigenvalue weighted by atomic mass is 10.1. The number of nitrogens with two attached hydrogens (primary N) is 1. The van der Waals surface area contributed by atoms with E-state index in [4.69, 9.17) is 10.6 Å². The average molecular weight is 414 g/mol. The minimum atomic E-state index is -0.435. The topological polar surface area (TPSA) is 116 Å². The summed E-state index contributed by atoms with van der Waals surface area (Å²) in [6, 6.07) is 7.78. The highest BCUT2D eigenvalue weighted by atomic mass is 32.2. The molecule has 2 heterocycles. The van der Waals surface area contributed by atoms with Crippen molar-refractivity contribution in [1.29, 1.82) is 0 Å². The highest BCUT2D eigenvalue weighted by Gasteiger charge is 2.23. The molecule has 0 amide bonds. The Kier molecular flexibility index (Phi) is 6.07. The number of hydrogen-bond acceptors (Lipinski definition) is 7. The third-order valence-corrected chi connectivity index (χ3v) is 5.45. The van der Waals surface area contributed by atoms with Crippen LogP contribution in [0.25, 0.3) is 11.4 Å². The fourth-order valence-electron chi connectivity index (χ4n) is 3.02. The van der Waals surface area contributed by atoms with Gasteiger partial charge in [0.1, 0.15) is 0 Å². The second-order valence-electron chi connectivity index (χ2n) is 6.60. The zero-order chi connectivity index (χ0) is 21.1. The zero-order valence-corrected chi connectivity index (χ0v) is 17.6. The molecule has 2 aromatic heterocycles. The average Bonchev–Trinajstić information content (AvgIpc) is 3.20. The molecule has 0 bridgehead atoms. The molecule has 29 heavy (non-hydrogen) atoms. The number of hydrogen-bond donors (Lipinski definition) is 2. The first kappa shape index (κ1) is 20.7. The fourth-order valence-corrected chi connectivity index (χ4v) is 3.74. The molecule has 3 rings (SSSR count). The van der Waals surface area contributed by atoms with Gasteiger partial charge in [-0.2, -0.15) is 0 Å². The second-order valence-corrected chi connectivity index (χ2v) is 7.54. The molecule has 0 unspecified atom stereocenters. The number of Topliss-reactive ketones (excluding diaryl/α,β-unsaturated/α-hetero) is 1. The summed E-state index contributed by atoms with van der Waals surface area (Å²) in [5, 5.41) is 8.66. The van der Waals surface area contributed by atoms with Crippen molar-refractivity contribution in [1.82, 2.24) is 19.9 Å². The third-order valence-electron chi connectivity index (χ3n) is 4.50. The lowest BCUT2D eigenvalue weighted by Crippen LogP contribution is -2.13. The molecule has 0 atom stereocenters. The van der Waals surface area contributed by atoms with Gasteiger partial charge in [0, 0.05) is 11.3 Å². The minimum absolute atomic E-state index is 0.103. The summed E-state index contributed by atoms with van der Waals surface area (Å²) in [5.74, 6) is 6.15. The summed E-state index contributed by atoms with van der Waals surface area (Å²) >= 11 is 1.19. The smallest absolute Gasteiger partial charge is 0.340 e.